The second kappa shape index (κ2) is 7.25. The number of benzene rings is 1. The molecule has 0 bridgehead atoms. The zero-order valence-electron chi connectivity index (χ0n) is 11.7. The lowest BCUT2D eigenvalue weighted by molar-refractivity contribution is 0.575. The van der Waals surface area contributed by atoms with Gasteiger partial charge in [-0.1, -0.05) is 18.2 Å². The van der Waals surface area contributed by atoms with Crippen molar-refractivity contribution >= 4 is 10.0 Å². The lowest BCUT2D eigenvalue weighted by Crippen LogP contribution is -2.26. The first-order valence-electron chi connectivity index (χ1n) is 6.54. The minimum absolute atomic E-state index is 0.412. The van der Waals surface area contributed by atoms with Crippen molar-refractivity contribution in [2.45, 2.75) is 13.0 Å². The molecule has 2 aromatic rings. The largest absolute Gasteiger partial charge is 0.310 e. The monoisotopic (exact) mass is 310 g/mol. The van der Waals surface area contributed by atoms with Gasteiger partial charge in [0.1, 0.15) is 0 Å². The van der Waals surface area contributed by atoms with Gasteiger partial charge in [-0.2, -0.15) is 4.68 Å². The van der Waals surface area contributed by atoms with E-state index in [1.807, 2.05) is 30.3 Å². The van der Waals surface area contributed by atoms with Gasteiger partial charge in [0.25, 0.3) is 0 Å². The third kappa shape index (κ3) is 5.21. The van der Waals surface area contributed by atoms with E-state index in [0.29, 0.717) is 31.9 Å². The molecular formula is C12H18N6O2S. The Kier molecular flexibility index (Phi) is 5.37. The third-order valence-corrected chi connectivity index (χ3v) is 3.44. The Morgan fingerprint density at radius 3 is 2.67 bits per heavy atom. The van der Waals surface area contributed by atoms with E-state index in [0.717, 1.165) is 11.9 Å². The minimum atomic E-state index is -3.11. The molecule has 1 aromatic carbocycles. The number of hydrogen-bond donors (Lipinski definition) is 2. The van der Waals surface area contributed by atoms with Crippen LogP contribution in [-0.2, 0) is 16.6 Å². The summed E-state index contributed by atoms with van der Waals surface area (Å²) in [4.78, 5) is 0. The van der Waals surface area contributed by atoms with Gasteiger partial charge in [-0.25, -0.2) is 13.1 Å². The molecule has 0 amide bonds. The van der Waals surface area contributed by atoms with E-state index in [9.17, 15) is 8.42 Å². The van der Waals surface area contributed by atoms with Gasteiger partial charge in [0.05, 0.1) is 18.5 Å². The first-order valence-corrected chi connectivity index (χ1v) is 8.43. The number of sulfonamides is 1. The van der Waals surface area contributed by atoms with E-state index in [1.54, 1.807) is 4.68 Å². The normalized spacial score (nSPS) is 11.7. The molecule has 0 atom stereocenters. The summed E-state index contributed by atoms with van der Waals surface area (Å²) in [5, 5.41) is 14.8. The Morgan fingerprint density at radius 1 is 1.19 bits per heavy atom. The van der Waals surface area contributed by atoms with Crippen LogP contribution in [0.25, 0.3) is 5.69 Å². The Balaban J connectivity index is 1.79. The topological polar surface area (TPSA) is 102 Å². The van der Waals surface area contributed by atoms with Crippen LogP contribution in [0.2, 0.25) is 0 Å². The van der Waals surface area contributed by atoms with E-state index in [2.05, 4.69) is 25.6 Å². The zero-order chi connectivity index (χ0) is 15.1. The van der Waals surface area contributed by atoms with Gasteiger partial charge in [-0.05, 0) is 35.5 Å². The number of nitrogens with one attached hydrogen (secondary N) is 2. The van der Waals surface area contributed by atoms with Crippen molar-refractivity contribution in [2.24, 2.45) is 0 Å². The maximum atomic E-state index is 10.9. The molecule has 0 aliphatic rings. The van der Waals surface area contributed by atoms with E-state index >= 15 is 0 Å². The molecule has 0 fully saturated rings. The number of rotatable bonds is 8. The Morgan fingerprint density at radius 2 is 1.95 bits per heavy atom. The average molecular weight is 310 g/mol. The van der Waals surface area contributed by atoms with Crippen LogP contribution in [0, 0.1) is 0 Å². The van der Waals surface area contributed by atoms with Crippen LogP contribution in [0.5, 0.6) is 0 Å². The lowest BCUT2D eigenvalue weighted by atomic mass is 10.3. The average Bonchev–Trinajstić information content (AvgIpc) is 2.91. The molecule has 21 heavy (non-hydrogen) atoms. The molecular weight excluding hydrogens is 292 g/mol. The van der Waals surface area contributed by atoms with Gasteiger partial charge in [0.2, 0.25) is 10.0 Å². The van der Waals surface area contributed by atoms with E-state index in [-0.39, 0.29) is 0 Å². The lowest BCUT2D eigenvalue weighted by Gasteiger charge is -2.06. The van der Waals surface area contributed by atoms with Gasteiger partial charge in [0.15, 0.2) is 5.82 Å². The van der Waals surface area contributed by atoms with Crippen molar-refractivity contribution in [1.82, 2.24) is 30.2 Å². The first kappa shape index (κ1) is 15.5. The number of nitrogens with zero attached hydrogens (tertiary/aromatic N) is 4. The summed E-state index contributed by atoms with van der Waals surface area (Å²) in [6.45, 7) is 1.60. The van der Waals surface area contributed by atoms with Gasteiger partial charge in [-0.15, -0.1) is 5.10 Å². The van der Waals surface area contributed by atoms with Crippen molar-refractivity contribution in [3.8, 4) is 5.69 Å². The Bertz CT molecular complexity index is 655. The molecule has 9 heteroatoms. The predicted molar refractivity (Wildman–Crippen MR) is 78.3 cm³/mol. The maximum absolute atomic E-state index is 10.9. The second-order valence-electron chi connectivity index (χ2n) is 4.54. The van der Waals surface area contributed by atoms with Gasteiger partial charge in [-0.3, -0.25) is 0 Å². The highest BCUT2D eigenvalue weighted by Gasteiger charge is 2.07. The number of tetrazole rings is 1. The molecule has 0 aliphatic heterocycles. The highest BCUT2D eigenvalue weighted by Crippen LogP contribution is 2.06. The smallest absolute Gasteiger partial charge is 0.208 e. The maximum Gasteiger partial charge on any atom is 0.208 e. The van der Waals surface area contributed by atoms with E-state index in [4.69, 9.17) is 0 Å². The van der Waals surface area contributed by atoms with Crippen LogP contribution in [0.4, 0.5) is 0 Å². The molecule has 0 radical (unpaired) electrons. The fourth-order valence-corrected chi connectivity index (χ4v) is 2.27. The quantitative estimate of drug-likeness (QED) is 0.649. The SMILES string of the molecule is CS(=O)(=O)NCCCNCc1nnnn1-c1ccccc1. The second-order valence-corrected chi connectivity index (χ2v) is 6.37. The van der Waals surface area contributed by atoms with Gasteiger partial charge in [0, 0.05) is 6.54 Å². The Hall–Kier alpha value is -1.84. The van der Waals surface area contributed by atoms with Crippen molar-refractivity contribution in [3.05, 3.63) is 36.2 Å². The first-order chi connectivity index (χ1) is 10.1. The van der Waals surface area contributed by atoms with Crippen LogP contribution in [0.1, 0.15) is 12.2 Å². The van der Waals surface area contributed by atoms with Crippen LogP contribution in [-0.4, -0.2) is 48.0 Å². The summed E-state index contributed by atoms with van der Waals surface area (Å²) in [5.41, 5.74) is 0.901. The van der Waals surface area contributed by atoms with Gasteiger partial charge >= 0.3 is 0 Å². The highest BCUT2D eigenvalue weighted by atomic mass is 32.2. The summed E-state index contributed by atoms with van der Waals surface area (Å²) in [6, 6.07) is 9.63. The summed E-state index contributed by atoms with van der Waals surface area (Å²) in [6.07, 6.45) is 1.84. The molecule has 0 spiro atoms. The predicted octanol–water partition coefficient (Wildman–Crippen LogP) is -0.309. The number of para-hydroxylation sites is 1. The summed E-state index contributed by atoms with van der Waals surface area (Å²) < 4.78 is 25.9. The molecule has 2 rings (SSSR count). The molecule has 0 unspecified atom stereocenters. The zero-order valence-corrected chi connectivity index (χ0v) is 12.5. The molecule has 0 saturated carbocycles. The number of hydrogen-bond acceptors (Lipinski definition) is 6. The van der Waals surface area contributed by atoms with Crippen molar-refractivity contribution < 1.29 is 8.42 Å². The summed E-state index contributed by atoms with van der Waals surface area (Å²) in [5.74, 6) is 0.706. The molecule has 2 N–H and O–H groups in total. The minimum Gasteiger partial charge on any atom is -0.310 e. The summed E-state index contributed by atoms with van der Waals surface area (Å²) >= 11 is 0. The van der Waals surface area contributed by atoms with Crippen molar-refractivity contribution in [3.63, 3.8) is 0 Å². The van der Waals surface area contributed by atoms with Crippen molar-refractivity contribution in [1.29, 1.82) is 0 Å². The molecule has 0 aliphatic carbocycles. The van der Waals surface area contributed by atoms with Crippen LogP contribution >= 0.6 is 0 Å². The van der Waals surface area contributed by atoms with Gasteiger partial charge < -0.3 is 5.32 Å². The molecule has 1 aromatic heterocycles. The van der Waals surface area contributed by atoms with Crippen LogP contribution < -0.4 is 10.0 Å². The van der Waals surface area contributed by atoms with E-state index < -0.39 is 10.0 Å². The molecule has 0 saturated heterocycles. The standard InChI is InChI=1S/C12H18N6O2S/c1-21(19,20)14-9-5-8-13-10-12-15-16-17-18(12)11-6-3-2-4-7-11/h2-4,6-7,13-14H,5,8-10H2,1H3. The molecule has 1 heterocycles. The fraction of sp³-hybridized carbons (Fsp3) is 0.417. The number of aromatic nitrogens is 4. The Labute approximate surface area is 123 Å². The fourth-order valence-electron chi connectivity index (χ4n) is 1.76. The summed E-state index contributed by atoms with van der Waals surface area (Å²) in [7, 11) is -3.11. The van der Waals surface area contributed by atoms with Crippen LogP contribution in [0.3, 0.4) is 0 Å². The van der Waals surface area contributed by atoms with Crippen LogP contribution in [0.15, 0.2) is 30.3 Å². The third-order valence-electron chi connectivity index (χ3n) is 2.71. The van der Waals surface area contributed by atoms with E-state index in [1.165, 1.54) is 0 Å². The molecule has 114 valence electrons. The molecule has 8 nitrogen and oxygen atoms in total. The van der Waals surface area contributed by atoms with Crippen molar-refractivity contribution in [2.75, 3.05) is 19.3 Å². The highest BCUT2D eigenvalue weighted by molar-refractivity contribution is 7.88.